The molecule has 7 heteroatoms. The summed E-state index contributed by atoms with van der Waals surface area (Å²) in [6.45, 7) is 1.73. The molecule has 4 heterocycles. The van der Waals surface area contributed by atoms with Crippen molar-refractivity contribution < 1.29 is 18.8 Å². The minimum absolute atomic E-state index is 0.0732. The molecule has 2 aliphatic heterocycles. The van der Waals surface area contributed by atoms with Gasteiger partial charge in [-0.1, -0.05) is 11.2 Å². The van der Waals surface area contributed by atoms with Crippen LogP contribution < -0.4 is 0 Å². The van der Waals surface area contributed by atoms with Gasteiger partial charge in [0, 0.05) is 18.8 Å². The Kier molecular flexibility index (Phi) is 4.76. The Balaban J connectivity index is 1.27. The Bertz CT molecular complexity index is 692. The van der Waals surface area contributed by atoms with E-state index in [1.165, 1.54) is 6.20 Å². The summed E-state index contributed by atoms with van der Waals surface area (Å²) in [5.74, 6) is 0.194. The number of rotatable bonds is 5. The number of amides is 1. The van der Waals surface area contributed by atoms with Crippen LogP contribution in [-0.4, -0.2) is 52.3 Å². The topological polar surface area (TPSA) is 77.7 Å². The lowest BCUT2D eigenvalue weighted by atomic mass is 9.99. The smallest absolute Gasteiger partial charge is 0.292 e. The summed E-state index contributed by atoms with van der Waals surface area (Å²) in [4.78, 5) is 18.6. The SMILES string of the molecule is O=C(c1ccno1)N1CC[C@@H]2O[C@H](COCc3ccccn3)CC[C@@H]21. The summed E-state index contributed by atoms with van der Waals surface area (Å²) in [5.41, 5.74) is 0.917. The fraction of sp³-hybridized carbons (Fsp3) is 0.500. The average Bonchev–Trinajstić information content (AvgIpc) is 3.32. The zero-order chi connectivity index (χ0) is 17.1. The Labute approximate surface area is 145 Å². The summed E-state index contributed by atoms with van der Waals surface area (Å²) in [6.07, 6.45) is 6.05. The lowest BCUT2D eigenvalue weighted by Gasteiger charge is -2.35. The van der Waals surface area contributed by atoms with Gasteiger partial charge in [0.25, 0.3) is 5.91 Å². The molecular weight excluding hydrogens is 322 g/mol. The molecule has 0 saturated carbocycles. The van der Waals surface area contributed by atoms with Gasteiger partial charge in [-0.3, -0.25) is 9.78 Å². The van der Waals surface area contributed by atoms with Crippen LogP contribution in [0.2, 0.25) is 0 Å². The van der Waals surface area contributed by atoms with Crippen LogP contribution in [0, 0.1) is 0 Å². The zero-order valence-electron chi connectivity index (χ0n) is 13.9. The third-order valence-electron chi connectivity index (χ3n) is 4.82. The third kappa shape index (κ3) is 3.57. The molecular formula is C18H21N3O4. The monoisotopic (exact) mass is 343 g/mol. The number of carbonyl (C=O) groups excluding carboxylic acids is 1. The molecule has 0 N–H and O–H groups in total. The maximum atomic E-state index is 12.5. The van der Waals surface area contributed by atoms with Crippen molar-refractivity contribution in [1.29, 1.82) is 0 Å². The molecule has 1 amide bonds. The fourth-order valence-corrected chi connectivity index (χ4v) is 3.62. The van der Waals surface area contributed by atoms with Gasteiger partial charge in [-0.2, -0.15) is 0 Å². The number of carbonyl (C=O) groups is 1. The lowest BCUT2D eigenvalue weighted by molar-refractivity contribution is -0.0991. The molecule has 132 valence electrons. The largest absolute Gasteiger partial charge is 0.372 e. The predicted octanol–water partition coefficient (Wildman–Crippen LogP) is 2.05. The molecule has 0 spiro atoms. The molecule has 0 unspecified atom stereocenters. The fourth-order valence-electron chi connectivity index (χ4n) is 3.62. The number of hydrogen-bond acceptors (Lipinski definition) is 6. The van der Waals surface area contributed by atoms with E-state index in [1.54, 1.807) is 12.3 Å². The third-order valence-corrected chi connectivity index (χ3v) is 4.82. The number of fused-ring (bicyclic) bond motifs is 1. The van der Waals surface area contributed by atoms with Gasteiger partial charge in [0.2, 0.25) is 5.76 Å². The standard InChI is InChI=1S/C18H21N3O4/c22-18(17-6-9-20-25-17)21-10-7-16-15(21)5-4-14(24-16)12-23-11-13-3-1-2-8-19-13/h1-3,6,8-9,14-16H,4-5,7,10-12H2/t14-,15-,16-/m0/s1. The van der Waals surface area contributed by atoms with Crippen LogP contribution in [0.4, 0.5) is 0 Å². The van der Waals surface area contributed by atoms with Crippen LogP contribution in [0.5, 0.6) is 0 Å². The van der Waals surface area contributed by atoms with E-state index >= 15 is 0 Å². The van der Waals surface area contributed by atoms with E-state index in [-0.39, 0.29) is 24.2 Å². The van der Waals surface area contributed by atoms with Crippen LogP contribution in [0.15, 0.2) is 41.2 Å². The molecule has 0 aliphatic carbocycles. The Morgan fingerprint density at radius 1 is 1.24 bits per heavy atom. The van der Waals surface area contributed by atoms with E-state index in [2.05, 4.69) is 10.1 Å². The van der Waals surface area contributed by atoms with E-state index in [0.717, 1.165) is 25.0 Å². The van der Waals surface area contributed by atoms with Crippen molar-refractivity contribution in [1.82, 2.24) is 15.0 Å². The summed E-state index contributed by atoms with van der Waals surface area (Å²) in [6, 6.07) is 7.51. The number of nitrogens with zero attached hydrogens (tertiary/aromatic N) is 3. The highest BCUT2D eigenvalue weighted by Crippen LogP contribution is 2.32. The second-order valence-corrected chi connectivity index (χ2v) is 6.44. The Morgan fingerprint density at radius 2 is 2.20 bits per heavy atom. The van der Waals surface area contributed by atoms with Crippen LogP contribution in [0.1, 0.15) is 35.5 Å². The van der Waals surface area contributed by atoms with Crippen molar-refractivity contribution in [2.24, 2.45) is 0 Å². The minimum atomic E-state index is -0.0987. The summed E-state index contributed by atoms with van der Waals surface area (Å²) in [7, 11) is 0. The van der Waals surface area contributed by atoms with Gasteiger partial charge in [-0.05, 0) is 31.4 Å². The molecule has 25 heavy (non-hydrogen) atoms. The quantitative estimate of drug-likeness (QED) is 0.827. The predicted molar refractivity (Wildman–Crippen MR) is 87.7 cm³/mol. The van der Waals surface area contributed by atoms with Crippen molar-refractivity contribution in [3.63, 3.8) is 0 Å². The van der Waals surface area contributed by atoms with E-state index in [0.29, 0.717) is 25.5 Å². The van der Waals surface area contributed by atoms with Gasteiger partial charge in [0.05, 0.1) is 43.4 Å². The summed E-state index contributed by atoms with van der Waals surface area (Å²) < 4.78 is 16.9. The maximum absolute atomic E-state index is 12.5. The molecule has 0 radical (unpaired) electrons. The Hall–Kier alpha value is -2.25. The number of pyridine rings is 1. The van der Waals surface area contributed by atoms with Crippen LogP contribution in [-0.2, 0) is 16.1 Å². The average molecular weight is 343 g/mol. The second kappa shape index (κ2) is 7.33. The summed E-state index contributed by atoms with van der Waals surface area (Å²) >= 11 is 0. The van der Waals surface area contributed by atoms with E-state index in [9.17, 15) is 4.79 Å². The molecule has 7 nitrogen and oxygen atoms in total. The van der Waals surface area contributed by atoms with Crippen molar-refractivity contribution in [2.45, 2.75) is 44.1 Å². The molecule has 0 aromatic carbocycles. The van der Waals surface area contributed by atoms with Crippen LogP contribution >= 0.6 is 0 Å². The van der Waals surface area contributed by atoms with E-state index in [4.69, 9.17) is 14.0 Å². The molecule has 2 aliphatic rings. The van der Waals surface area contributed by atoms with E-state index < -0.39 is 0 Å². The van der Waals surface area contributed by atoms with Gasteiger partial charge < -0.3 is 18.9 Å². The lowest BCUT2D eigenvalue weighted by Crippen LogP contribution is -2.45. The number of hydrogen-bond donors (Lipinski definition) is 0. The van der Waals surface area contributed by atoms with E-state index in [1.807, 2.05) is 23.1 Å². The maximum Gasteiger partial charge on any atom is 0.292 e. The number of likely N-dealkylation sites (tertiary alicyclic amines) is 1. The first-order valence-electron chi connectivity index (χ1n) is 8.66. The normalized spacial score (nSPS) is 25.8. The molecule has 3 atom stereocenters. The highest BCUT2D eigenvalue weighted by Gasteiger charge is 2.42. The van der Waals surface area contributed by atoms with Gasteiger partial charge in [0.15, 0.2) is 0 Å². The Morgan fingerprint density at radius 3 is 3.00 bits per heavy atom. The molecule has 2 fully saturated rings. The van der Waals surface area contributed by atoms with Gasteiger partial charge >= 0.3 is 0 Å². The molecule has 4 rings (SSSR count). The molecule has 2 saturated heterocycles. The summed E-state index contributed by atoms with van der Waals surface area (Å²) in [5, 5.41) is 3.61. The highest BCUT2D eigenvalue weighted by atomic mass is 16.5. The van der Waals surface area contributed by atoms with Crippen LogP contribution in [0.25, 0.3) is 0 Å². The first-order chi connectivity index (χ1) is 12.3. The number of ether oxygens (including phenoxy) is 2. The minimum Gasteiger partial charge on any atom is -0.372 e. The zero-order valence-corrected chi connectivity index (χ0v) is 13.9. The van der Waals surface area contributed by atoms with Crippen LogP contribution in [0.3, 0.4) is 0 Å². The van der Waals surface area contributed by atoms with Crippen molar-refractivity contribution in [3.8, 4) is 0 Å². The second-order valence-electron chi connectivity index (χ2n) is 6.44. The van der Waals surface area contributed by atoms with Gasteiger partial charge in [-0.15, -0.1) is 0 Å². The van der Waals surface area contributed by atoms with Crippen molar-refractivity contribution >= 4 is 5.91 Å². The number of aromatic nitrogens is 2. The molecule has 0 bridgehead atoms. The first-order valence-corrected chi connectivity index (χ1v) is 8.66. The van der Waals surface area contributed by atoms with Crippen molar-refractivity contribution in [3.05, 3.63) is 48.1 Å². The highest BCUT2D eigenvalue weighted by molar-refractivity contribution is 5.91. The molecule has 2 aromatic heterocycles. The van der Waals surface area contributed by atoms with Gasteiger partial charge in [0.1, 0.15) is 0 Å². The first kappa shape index (κ1) is 16.2. The van der Waals surface area contributed by atoms with Gasteiger partial charge in [-0.25, -0.2) is 0 Å². The molecule has 2 aromatic rings. The van der Waals surface area contributed by atoms with Crippen molar-refractivity contribution in [2.75, 3.05) is 13.2 Å².